The van der Waals surface area contributed by atoms with E-state index in [2.05, 4.69) is 48.0 Å². The van der Waals surface area contributed by atoms with Crippen molar-refractivity contribution in [2.75, 3.05) is 6.61 Å². The van der Waals surface area contributed by atoms with Crippen molar-refractivity contribution in [1.29, 1.82) is 0 Å². The molecule has 136 valence electrons. The van der Waals surface area contributed by atoms with Crippen molar-refractivity contribution >= 4 is 71.8 Å². The number of fused-ring (bicyclic) bond motifs is 1. The molecule has 0 aromatic heterocycles. The molecule has 9 heteroatoms. The number of amides is 2. The third kappa shape index (κ3) is 4.93. The standard InChI is InChI=1S/C17H15Br2N3O3S/c18-11-4-5-12-10(7-11)3-6-13(15(12)19)25-8-14(23)21-22-17(26)20-16(24)9-1-2-9/h3-7,9H,1-2,8H2,(H,21,23)(H2,20,22,24,26). The average molecular weight is 501 g/mol. The predicted octanol–water partition coefficient (Wildman–Crippen LogP) is 3.18. The number of hydrogen-bond donors (Lipinski definition) is 3. The lowest BCUT2D eigenvalue weighted by Gasteiger charge is -2.12. The number of carbonyl (C=O) groups is 2. The molecule has 26 heavy (non-hydrogen) atoms. The van der Waals surface area contributed by atoms with Crippen LogP contribution in [0.2, 0.25) is 0 Å². The minimum absolute atomic E-state index is 0.0414. The third-order valence-corrected chi connectivity index (χ3v) is 5.26. The molecule has 1 saturated carbocycles. The van der Waals surface area contributed by atoms with Gasteiger partial charge in [-0.2, -0.15) is 0 Å². The van der Waals surface area contributed by atoms with E-state index < -0.39 is 5.91 Å². The molecule has 1 aliphatic carbocycles. The zero-order valence-corrected chi connectivity index (χ0v) is 17.5. The van der Waals surface area contributed by atoms with Crippen molar-refractivity contribution in [3.05, 3.63) is 39.3 Å². The molecule has 1 aliphatic rings. The molecule has 3 rings (SSSR count). The summed E-state index contributed by atoms with van der Waals surface area (Å²) in [7, 11) is 0. The second kappa shape index (κ2) is 8.32. The van der Waals surface area contributed by atoms with Crippen LogP contribution in [0.15, 0.2) is 39.3 Å². The first kappa shape index (κ1) is 19.1. The first-order valence-corrected chi connectivity index (χ1v) is 9.83. The fraction of sp³-hybridized carbons (Fsp3) is 0.235. The van der Waals surface area contributed by atoms with E-state index in [-0.39, 0.29) is 23.5 Å². The summed E-state index contributed by atoms with van der Waals surface area (Å²) in [6.45, 7) is -0.202. The summed E-state index contributed by atoms with van der Waals surface area (Å²) < 4.78 is 7.32. The van der Waals surface area contributed by atoms with Gasteiger partial charge in [0.2, 0.25) is 5.91 Å². The van der Waals surface area contributed by atoms with Gasteiger partial charge in [-0.3, -0.25) is 20.4 Å². The maximum Gasteiger partial charge on any atom is 0.276 e. The largest absolute Gasteiger partial charge is 0.483 e. The number of nitrogens with one attached hydrogen (secondary N) is 3. The van der Waals surface area contributed by atoms with Gasteiger partial charge in [0.1, 0.15) is 5.75 Å². The number of hydrazine groups is 1. The van der Waals surface area contributed by atoms with E-state index in [1.54, 1.807) is 6.07 Å². The van der Waals surface area contributed by atoms with Gasteiger partial charge in [0.25, 0.3) is 5.91 Å². The van der Waals surface area contributed by atoms with E-state index in [0.29, 0.717) is 5.75 Å². The Morgan fingerprint density at radius 1 is 1.15 bits per heavy atom. The second-order valence-corrected chi connectivity index (χ2v) is 7.91. The van der Waals surface area contributed by atoms with Gasteiger partial charge >= 0.3 is 0 Å². The molecule has 2 amide bonds. The third-order valence-electron chi connectivity index (χ3n) is 3.74. The van der Waals surface area contributed by atoms with E-state index in [1.165, 1.54) is 0 Å². The molecule has 0 spiro atoms. The van der Waals surface area contributed by atoms with E-state index >= 15 is 0 Å². The van der Waals surface area contributed by atoms with Crippen molar-refractivity contribution in [2.24, 2.45) is 5.92 Å². The quantitative estimate of drug-likeness (QED) is 0.444. The van der Waals surface area contributed by atoms with Crippen LogP contribution in [-0.4, -0.2) is 23.5 Å². The van der Waals surface area contributed by atoms with Crippen LogP contribution in [0.3, 0.4) is 0 Å². The topological polar surface area (TPSA) is 79.5 Å². The zero-order chi connectivity index (χ0) is 18.7. The lowest BCUT2D eigenvalue weighted by molar-refractivity contribution is -0.124. The molecular weight excluding hydrogens is 486 g/mol. The van der Waals surface area contributed by atoms with E-state index in [4.69, 9.17) is 17.0 Å². The van der Waals surface area contributed by atoms with E-state index in [0.717, 1.165) is 32.6 Å². The Morgan fingerprint density at radius 2 is 1.92 bits per heavy atom. The van der Waals surface area contributed by atoms with Gasteiger partial charge in [0.05, 0.1) is 4.47 Å². The number of benzene rings is 2. The predicted molar refractivity (Wildman–Crippen MR) is 110 cm³/mol. The van der Waals surface area contributed by atoms with Crippen LogP contribution >= 0.6 is 44.1 Å². The van der Waals surface area contributed by atoms with Crippen LogP contribution in [0.1, 0.15) is 12.8 Å². The normalized spacial score (nSPS) is 13.2. The molecule has 0 bridgehead atoms. The highest BCUT2D eigenvalue weighted by atomic mass is 79.9. The van der Waals surface area contributed by atoms with Gasteiger partial charge in [0.15, 0.2) is 11.7 Å². The van der Waals surface area contributed by atoms with Gasteiger partial charge in [0, 0.05) is 10.4 Å². The fourth-order valence-electron chi connectivity index (χ4n) is 2.25. The number of ether oxygens (including phenoxy) is 1. The monoisotopic (exact) mass is 499 g/mol. The Hall–Kier alpha value is -1.71. The molecule has 1 fully saturated rings. The Morgan fingerprint density at radius 3 is 2.65 bits per heavy atom. The molecule has 2 aromatic rings. The fourth-order valence-corrected chi connectivity index (χ4v) is 3.39. The number of hydrogen-bond acceptors (Lipinski definition) is 4. The maximum atomic E-state index is 11.9. The first-order valence-electron chi connectivity index (χ1n) is 7.84. The van der Waals surface area contributed by atoms with Crippen LogP contribution in [-0.2, 0) is 9.59 Å². The summed E-state index contributed by atoms with van der Waals surface area (Å²) in [6, 6.07) is 9.60. The van der Waals surface area contributed by atoms with Crippen LogP contribution in [0.5, 0.6) is 5.75 Å². The van der Waals surface area contributed by atoms with Crippen LogP contribution in [0, 0.1) is 5.92 Å². The van der Waals surface area contributed by atoms with Gasteiger partial charge < -0.3 is 10.1 Å². The van der Waals surface area contributed by atoms with Crippen molar-refractivity contribution in [3.63, 3.8) is 0 Å². The minimum Gasteiger partial charge on any atom is -0.483 e. The SMILES string of the molecule is O=C(COc1ccc2cc(Br)ccc2c1Br)NNC(=S)NC(=O)C1CC1. The maximum absolute atomic E-state index is 11.9. The lowest BCUT2D eigenvalue weighted by atomic mass is 10.1. The average Bonchev–Trinajstić information content (AvgIpc) is 3.44. The number of thiocarbonyl (C=S) groups is 1. The summed E-state index contributed by atoms with van der Waals surface area (Å²) in [5.74, 6) is 0.0507. The summed E-state index contributed by atoms with van der Waals surface area (Å²) in [5.41, 5.74) is 4.88. The van der Waals surface area contributed by atoms with E-state index in [9.17, 15) is 9.59 Å². The van der Waals surface area contributed by atoms with Crippen LogP contribution in [0.4, 0.5) is 0 Å². The van der Waals surface area contributed by atoms with Gasteiger partial charge in [-0.1, -0.05) is 28.1 Å². The molecule has 0 aliphatic heterocycles. The van der Waals surface area contributed by atoms with E-state index in [1.807, 2.05) is 24.3 Å². The Labute approximate surface area is 172 Å². The smallest absolute Gasteiger partial charge is 0.276 e. The Bertz CT molecular complexity index is 887. The summed E-state index contributed by atoms with van der Waals surface area (Å²) in [6.07, 6.45) is 1.76. The number of carbonyl (C=O) groups excluding carboxylic acids is 2. The van der Waals surface area contributed by atoms with Gasteiger partial charge in [-0.25, -0.2) is 0 Å². The Kier molecular flexibility index (Phi) is 6.10. The second-order valence-electron chi connectivity index (χ2n) is 5.80. The van der Waals surface area contributed by atoms with Crippen LogP contribution < -0.4 is 20.9 Å². The van der Waals surface area contributed by atoms with Crippen molar-refractivity contribution in [1.82, 2.24) is 16.2 Å². The Balaban J connectivity index is 1.50. The van der Waals surface area contributed by atoms with Crippen molar-refractivity contribution < 1.29 is 14.3 Å². The highest BCUT2D eigenvalue weighted by Crippen LogP contribution is 2.34. The van der Waals surface area contributed by atoms with Crippen molar-refractivity contribution in [3.8, 4) is 5.75 Å². The summed E-state index contributed by atoms with van der Waals surface area (Å²) in [5, 5.41) is 4.60. The lowest BCUT2D eigenvalue weighted by Crippen LogP contribution is -2.50. The number of rotatable bonds is 4. The van der Waals surface area contributed by atoms with Gasteiger partial charge in [-0.15, -0.1) is 0 Å². The molecule has 0 heterocycles. The molecule has 2 aromatic carbocycles. The molecular formula is C17H15Br2N3O3S. The highest BCUT2D eigenvalue weighted by Gasteiger charge is 2.30. The zero-order valence-electron chi connectivity index (χ0n) is 13.5. The van der Waals surface area contributed by atoms with Crippen LogP contribution in [0.25, 0.3) is 10.8 Å². The molecule has 3 N–H and O–H groups in total. The molecule has 0 atom stereocenters. The molecule has 6 nitrogen and oxygen atoms in total. The molecule has 0 saturated heterocycles. The summed E-state index contributed by atoms with van der Waals surface area (Å²) in [4.78, 5) is 23.4. The number of halogens is 2. The minimum atomic E-state index is -0.421. The van der Waals surface area contributed by atoms with Gasteiger partial charge in [-0.05, 0) is 70.0 Å². The highest BCUT2D eigenvalue weighted by molar-refractivity contribution is 9.11. The first-order chi connectivity index (χ1) is 12.4. The molecule has 0 radical (unpaired) electrons. The molecule has 0 unspecified atom stereocenters. The summed E-state index contributed by atoms with van der Waals surface area (Å²) >= 11 is 11.9. The van der Waals surface area contributed by atoms with Crippen molar-refractivity contribution in [2.45, 2.75) is 12.8 Å².